The summed E-state index contributed by atoms with van der Waals surface area (Å²) < 4.78 is 0. The van der Waals surface area contributed by atoms with Gasteiger partial charge >= 0.3 is 6.03 Å². The average Bonchev–Trinajstić information content (AvgIpc) is 2.63. The molecular formula is C10H17N3OS. The van der Waals surface area contributed by atoms with Crippen LogP contribution < -0.4 is 10.6 Å². The molecule has 0 saturated carbocycles. The number of urea groups is 1. The fourth-order valence-corrected chi connectivity index (χ4v) is 1.86. The Labute approximate surface area is 94.1 Å². The van der Waals surface area contributed by atoms with Crippen LogP contribution in [0.25, 0.3) is 0 Å². The second kappa shape index (κ2) is 5.70. The van der Waals surface area contributed by atoms with Crippen LogP contribution in [0.3, 0.4) is 0 Å². The fourth-order valence-electron chi connectivity index (χ4n) is 0.989. The maximum Gasteiger partial charge on any atom is 0.321 e. The molecule has 1 rings (SSSR count). The molecular weight excluding hydrogens is 210 g/mol. The van der Waals surface area contributed by atoms with Crippen LogP contribution in [-0.4, -0.2) is 17.6 Å². The third kappa shape index (κ3) is 3.87. The zero-order valence-electron chi connectivity index (χ0n) is 9.33. The van der Waals surface area contributed by atoms with Gasteiger partial charge in [0, 0.05) is 11.9 Å². The van der Waals surface area contributed by atoms with Gasteiger partial charge in [-0.1, -0.05) is 20.8 Å². The van der Waals surface area contributed by atoms with Crippen LogP contribution in [0.1, 0.15) is 38.8 Å². The van der Waals surface area contributed by atoms with Crippen molar-refractivity contribution >= 4 is 22.5 Å². The summed E-state index contributed by atoms with van der Waals surface area (Å²) in [5.41, 5.74) is 1.02. The highest BCUT2D eigenvalue weighted by molar-refractivity contribution is 7.13. The van der Waals surface area contributed by atoms with Crippen molar-refractivity contribution in [3.8, 4) is 0 Å². The van der Waals surface area contributed by atoms with Crippen molar-refractivity contribution in [2.75, 3.05) is 11.9 Å². The van der Waals surface area contributed by atoms with Gasteiger partial charge in [0.25, 0.3) is 0 Å². The van der Waals surface area contributed by atoms with Crippen LogP contribution in [-0.2, 0) is 0 Å². The third-order valence-electron chi connectivity index (χ3n) is 1.87. The first-order valence-electron chi connectivity index (χ1n) is 5.13. The molecule has 0 atom stereocenters. The lowest BCUT2D eigenvalue weighted by molar-refractivity contribution is 0.252. The number of amides is 2. The highest BCUT2D eigenvalue weighted by Gasteiger charge is 2.07. The van der Waals surface area contributed by atoms with Crippen molar-refractivity contribution in [1.82, 2.24) is 10.3 Å². The van der Waals surface area contributed by atoms with Crippen molar-refractivity contribution < 1.29 is 4.79 Å². The van der Waals surface area contributed by atoms with Gasteiger partial charge in [0.05, 0.1) is 5.69 Å². The van der Waals surface area contributed by atoms with E-state index in [4.69, 9.17) is 0 Å². The molecule has 4 nitrogen and oxygen atoms in total. The maximum absolute atomic E-state index is 11.3. The molecule has 0 radical (unpaired) electrons. The van der Waals surface area contributed by atoms with Crippen molar-refractivity contribution in [3.63, 3.8) is 0 Å². The number of aromatic nitrogens is 1. The van der Waals surface area contributed by atoms with E-state index in [1.807, 2.05) is 12.3 Å². The van der Waals surface area contributed by atoms with Gasteiger partial charge in [-0.2, -0.15) is 0 Å². The number of carbonyl (C=O) groups excluding carboxylic acids is 1. The standard InChI is InChI=1S/C10H17N3OS/c1-4-5-11-9(14)13-10-12-8(6-15-10)7(2)3/h6-7H,4-5H2,1-3H3,(H2,11,12,13,14). The number of hydrogen-bond donors (Lipinski definition) is 2. The van der Waals surface area contributed by atoms with Crippen molar-refractivity contribution in [2.45, 2.75) is 33.1 Å². The molecule has 0 aromatic carbocycles. The highest BCUT2D eigenvalue weighted by atomic mass is 32.1. The quantitative estimate of drug-likeness (QED) is 0.831. The van der Waals surface area contributed by atoms with Crippen LogP contribution in [0.15, 0.2) is 5.38 Å². The summed E-state index contributed by atoms with van der Waals surface area (Å²) in [6.45, 7) is 6.86. The first-order valence-corrected chi connectivity index (χ1v) is 6.01. The van der Waals surface area contributed by atoms with Gasteiger partial charge in [-0.15, -0.1) is 11.3 Å². The topological polar surface area (TPSA) is 54.0 Å². The van der Waals surface area contributed by atoms with Gasteiger partial charge in [0.2, 0.25) is 0 Å². The molecule has 5 heteroatoms. The molecule has 15 heavy (non-hydrogen) atoms. The molecule has 1 aromatic heterocycles. The summed E-state index contributed by atoms with van der Waals surface area (Å²) in [7, 11) is 0. The van der Waals surface area contributed by atoms with Gasteiger partial charge in [0.1, 0.15) is 0 Å². The highest BCUT2D eigenvalue weighted by Crippen LogP contribution is 2.21. The SMILES string of the molecule is CCCNC(=O)Nc1nc(C(C)C)cs1. The average molecular weight is 227 g/mol. The first-order chi connectivity index (χ1) is 7.13. The molecule has 0 saturated heterocycles. The van der Waals surface area contributed by atoms with Gasteiger partial charge in [0.15, 0.2) is 5.13 Å². The molecule has 1 heterocycles. The van der Waals surface area contributed by atoms with E-state index in [0.29, 0.717) is 17.6 Å². The van der Waals surface area contributed by atoms with Crippen molar-refractivity contribution in [2.24, 2.45) is 0 Å². The second-order valence-electron chi connectivity index (χ2n) is 3.61. The van der Waals surface area contributed by atoms with Gasteiger partial charge in [-0.25, -0.2) is 9.78 Å². The molecule has 0 unspecified atom stereocenters. The van der Waals surface area contributed by atoms with Crippen LogP contribution in [0.5, 0.6) is 0 Å². The summed E-state index contributed by atoms with van der Waals surface area (Å²) in [4.78, 5) is 15.6. The molecule has 1 aromatic rings. The minimum atomic E-state index is -0.179. The molecule has 2 amide bonds. The van der Waals surface area contributed by atoms with Gasteiger partial charge in [-0.3, -0.25) is 5.32 Å². The number of rotatable bonds is 4. The predicted octanol–water partition coefficient (Wildman–Crippen LogP) is 2.80. The van der Waals surface area contributed by atoms with E-state index in [0.717, 1.165) is 12.1 Å². The minimum absolute atomic E-state index is 0.179. The number of carbonyl (C=O) groups is 1. The van der Waals surface area contributed by atoms with Crippen molar-refractivity contribution in [1.29, 1.82) is 0 Å². The monoisotopic (exact) mass is 227 g/mol. The molecule has 84 valence electrons. The Morgan fingerprint density at radius 3 is 2.87 bits per heavy atom. The zero-order chi connectivity index (χ0) is 11.3. The van der Waals surface area contributed by atoms with E-state index in [-0.39, 0.29) is 6.03 Å². The second-order valence-corrected chi connectivity index (χ2v) is 4.47. The maximum atomic E-state index is 11.3. The Morgan fingerprint density at radius 1 is 1.60 bits per heavy atom. The molecule has 0 aliphatic rings. The minimum Gasteiger partial charge on any atom is -0.338 e. The summed E-state index contributed by atoms with van der Waals surface area (Å²) in [5.74, 6) is 0.399. The molecule has 0 bridgehead atoms. The molecule has 2 N–H and O–H groups in total. The van der Waals surface area contributed by atoms with E-state index in [1.54, 1.807) is 0 Å². The van der Waals surface area contributed by atoms with Crippen LogP contribution in [0.4, 0.5) is 9.93 Å². The Kier molecular flexibility index (Phi) is 4.55. The lowest BCUT2D eigenvalue weighted by atomic mass is 10.2. The van der Waals surface area contributed by atoms with Crippen molar-refractivity contribution in [3.05, 3.63) is 11.1 Å². The molecule has 0 spiro atoms. The van der Waals surface area contributed by atoms with Gasteiger partial charge in [-0.05, 0) is 12.3 Å². The predicted molar refractivity (Wildman–Crippen MR) is 63.5 cm³/mol. The Bertz CT molecular complexity index is 322. The van der Waals surface area contributed by atoms with Crippen LogP contribution in [0, 0.1) is 0 Å². The third-order valence-corrected chi connectivity index (χ3v) is 2.65. The first kappa shape index (κ1) is 12.0. The van der Waals surface area contributed by atoms with Crippen LogP contribution >= 0.6 is 11.3 Å². The summed E-state index contributed by atoms with van der Waals surface area (Å²) in [6.07, 6.45) is 0.933. The molecule has 0 aliphatic heterocycles. The Hall–Kier alpha value is -1.10. The largest absolute Gasteiger partial charge is 0.338 e. The van der Waals surface area contributed by atoms with E-state index < -0.39 is 0 Å². The van der Waals surface area contributed by atoms with E-state index in [1.165, 1.54) is 11.3 Å². The van der Waals surface area contributed by atoms with E-state index in [9.17, 15) is 4.79 Å². The lowest BCUT2D eigenvalue weighted by Gasteiger charge is -2.03. The normalized spacial score (nSPS) is 10.4. The number of anilines is 1. The molecule has 0 aliphatic carbocycles. The molecule has 0 fully saturated rings. The number of thiazole rings is 1. The van der Waals surface area contributed by atoms with Gasteiger partial charge < -0.3 is 5.32 Å². The summed E-state index contributed by atoms with van der Waals surface area (Å²) in [6, 6.07) is -0.179. The fraction of sp³-hybridized carbons (Fsp3) is 0.600. The lowest BCUT2D eigenvalue weighted by Crippen LogP contribution is -2.29. The zero-order valence-corrected chi connectivity index (χ0v) is 10.1. The van der Waals surface area contributed by atoms with E-state index in [2.05, 4.69) is 29.5 Å². The summed E-state index contributed by atoms with van der Waals surface area (Å²) in [5, 5.41) is 8.08. The summed E-state index contributed by atoms with van der Waals surface area (Å²) >= 11 is 1.46. The number of nitrogens with one attached hydrogen (secondary N) is 2. The Morgan fingerprint density at radius 2 is 2.33 bits per heavy atom. The van der Waals surface area contributed by atoms with E-state index >= 15 is 0 Å². The Balaban J connectivity index is 2.46. The number of nitrogens with zero attached hydrogens (tertiary/aromatic N) is 1. The van der Waals surface area contributed by atoms with Crippen LogP contribution in [0.2, 0.25) is 0 Å². The number of hydrogen-bond acceptors (Lipinski definition) is 3. The smallest absolute Gasteiger partial charge is 0.321 e.